The molecule has 6 aliphatic rings. The van der Waals surface area contributed by atoms with Crippen molar-refractivity contribution in [2.75, 3.05) is 55.7 Å². The number of anilines is 1. The molecule has 0 bridgehead atoms. The van der Waals surface area contributed by atoms with Crippen LogP contribution in [0, 0.1) is 62.6 Å². The molecule has 4 saturated carbocycles. The highest BCUT2D eigenvalue weighted by atomic mass is 32.2. The van der Waals surface area contributed by atoms with Crippen molar-refractivity contribution in [3.8, 4) is 6.07 Å². The van der Waals surface area contributed by atoms with Crippen LogP contribution < -0.4 is 10.2 Å². The standard InChI is InChI=1S/C43H66N4O2S/c1-31(2)34-15-18-43(30-45-22-8-23-46-25-27-50(48,49)28-26-46)20-19-41(6)35(38(34)43)13-14-37-40(5)21-24-47(33-11-9-32(29-44)10-12-33)39(3,4)36(40)16-17-42(37,41)7/h9-12,34-38,45H,1,8,13-28,30H2,2-7H3/t34-,35+,36-,37+,38+,40-,41+,42+,43?/m0/s1. The van der Waals surface area contributed by atoms with Crippen LogP contribution in [0.3, 0.4) is 0 Å². The number of piperidine rings is 1. The van der Waals surface area contributed by atoms with Gasteiger partial charge in [-0.2, -0.15) is 5.26 Å². The SMILES string of the molecule is C=C(C)[C@@H]1CCC2(CNCCCN3CCS(=O)(=O)CC3)CC[C@]3(C)[C@H](CC[C@@H]4[C@@]5(C)CCN(c6ccc(C#N)cc6)C(C)(C)[C@@H]5CC[C@]43C)[C@@H]12. The fourth-order valence-corrected chi connectivity index (χ4v) is 15.5. The molecule has 6 fully saturated rings. The van der Waals surface area contributed by atoms with Crippen molar-refractivity contribution in [3.63, 3.8) is 0 Å². The van der Waals surface area contributed by atoms with E-state index >= 15 is 0 Å². The normalized spacial score (nSPS) is 42.0. The molecule has 1 unspecified atom stereocenters. The quantitative estimate of drug-likeness (QED) is 0.218. The van der Waals surface area contributed by atoms with E-state index in [2.05, 4.69) is 81.4 Å². The summed E-state index contributed by atoms with van der Waals surface area (Å²) in [5.41, 5.74) is 4.88. The molecule has 2 heterocycles. The Hall–Kier alpha value is -1.88. The molecule has 1 aromatic rings. The number of hydrogen-bond acceptors (Lipinski definition) is 6. The molecule has 0 amide bonds. The maximum atomic E-state index is 11.9. The Morgan fingerprint density at radius 1 is 0.900 bits per heavy atom. The van der Waals surface area contributed by atoms with Gasteiger partial charge in [0.25, 0.3) is 0 Å². The van der Waals surface area contributed by atoms with Crippen molar-refractivity contribution in [2.45, 2.75) is 111 Å². The van der Waals surface area contributed by atoms with Gasteiger partial charge in [-0.15, -0.1) is 0 Å². The number of rotatable bonds is 8. The van der Waals surface area contributed by atoms with E-state index in [1.54, 1.807) is 0 Å². The highest BCUT2D eigenvalue weighted by molar-refractivity contribution is 7.91. The summed E-state index contributed by atoms with van der Waals surface area (Å²) in [6.45, 7) is 25.8. The van der Waals surface area contributed by atoms with Gasteiger partial charge in [-0.3, -0.25) is 0 Å². The first-order chi connectivity index (χ1) is 23.6. The molecule has 50 heavy (non-hydrogen) atoms. The van der Waals surface area contributed by atoms with Gasteiger partial charge in [-0.1, -0.05) is 32.9 Å². The Kier molecular flexibility index (Phi) is 9.42. The Balaban J connectivity index is 1.08. The topological polar surface area (TPSA) is 76.4 Å². The van der Waals surface area contributed by atoms with E-state index in [4.69, 9.17) is 0 Å². The zero-order valence-corrected chi connectivity index (χ0v) is 33.0. The van der Waals surface area contributed by atoms with Gasteiger partial charge >= 0.3 is 0 Å². The van der Waals surface area contributed by atoms with Crippen LogP contribution in [-0.2, 0) is 9.84 Å². The van der Waals surface area contributed by atoms with Crippen molar-refractivity contribution in [3.05, 3.63) is 42.0 Å². The number of sulfone groups is 1. The molecule has 0 spiro atoms. The van der Waals surface area contributed by atoms with Gasteiger partial charge in [0.1, 0.15) is 0 Å². The summed E-state index contributed by atoms with van der Waals surface area (Å²) in [6, 6.07) is 10.6. The molecule has 276 valence electrons. The van der Waals surface area contributed by atoms with E-state index in [0.717, 1.165) is 55.9 Å². The van der Waals surface area contributed by atoms with Crippen LogP contribution in [0.1, 0.15) is 111 Å². The molecule has 0 radical (unpaired) electrons. The Bertz CT molecular complexity index is 1580. The summed E-state index contributed by atoms with van der Waals surface area (Å²) < 4.78 is 23.7. The molecule has 4 aliphatic carbocycles. The van der Waals surface area contributed by atoms with E-state index in [0.29, 0.717) is 58.1 Å². The second-order valence-electron chi connectivity index (χ2n) is 19.3. The molecule has 9 atom stereocenters. The third kappa shape index (κ3) is 5.72. The van der Waals surface area contributed by atoms with E-state index in [1.807, 2.05) is 12.1 Å². The van der Waals surface area contributed by atoms with Crippen molar-refractivity contribution < 1.29 is 8.42 Å². The molecule has 1 N–H and O–H groups in total. The lowest BCUT2D eigenvalue weighted by Gasteiger charge is -2.73. The van der Waals surface area contributed by atoms with Crippen LogP contribution in [0.5, 0.6) is 0 Å². The number of nitriles is 1. The first-order valence-corrected chi connectivity index (χ1v) is 22.0. The van der Waals surface area contributed by atoms with Gasteiger partial charge in [-0.05, 0) is 174 Å². The van der Waals surface area contributed by atoms with Crippen LogP contribution in [0.25, 0.3) is 0 Å². The third-order valence-electron chi connectivity index (χ3n) is 17.0. The van der Waals surface area contributed by atoms with E-state index in [9.17, 15) is 13.7 Å². The minimum Gasteiger partial charge on any atom is -0.366 e. The summed E-state index contributed by atoms with van der Waals surface area (Å²) in [7, 11) is -2.82. The lowest BCUT2D eigenvalue weighted by atomic mass is 9.33. The Morgan fingerprint density at radius 2 is 1.62 bits per heavy atom. The first-order valence-electron chi connectivity index (χ1n) is 20.2. The third-order valence-corrected chi connectivity index (χ3v) is 18.6. The first kappa shape index (κ1) is 36.5. The van der Waals surface area contributed by atoms with E-state index in [-0.39, 0.29) is 5.54 Å². The number of allylic oxidation sites excluding steroid dienone is 1. The predicted octanol–water partition coefficient (Wildman–Crippen LogP) is 8.09. The van der Waals surface area contributed by atoms with Crippen LogP contribution in [-0.4, -0.2) is 69.6 Å². The molecular formula is C43H66N4O2S. The van der Waals surface area contributed by atoms with Crippen LogP contribution in [0.4, 0.5) is 5.69 Å². The Morgan fingerprint density at radius 3 is 2.30 bits per heavy atom. The summed E-state index contributed by atoms with van der Waals surface area (Å²) in [4.78, 5) is 5.01. The average molecular weight is 703 g/mol. The molecule has 7 heteroatoms. The molecule has 7 rings (SSSR count). The van der Waals surface area contributed by atoms with Crippen LogP contribution in [0.15, 0.2) is 36.4 Å². The van der Waals surface area contributed by atoms with Crippen LogP contribution in [0.2, 0.25) is 0 Å². The van der Waals surface area contributed by atoms with Crippen molar-refractivity contribution >= 4 is 15.5 Å². The minimum atomic E-state index is -2.82. The highest BCUT2D eigenvalue weighted by Crippen LogP contribution is 2.76. The van der Waals surface area contributed by atoms with Gasteiger partial charge < -0.3 is 15.1 Å². The van der Waals surface area contributed by atoms with Gasteiger partial charge in [0.15, 0.2) is 9.84 Å². The average Bonchev–Trinajstić information content (AvgIpc) is 3.46. The fraction of sp³-hybridized carbons (Fsp3) is 0.791. The maximum absolute atomic E-state index is 11.9. The predicted molar refractivity (Wildman–Crippen MR) is 206 cm³/mol. The lowest BCUT2D eigenvalue weighted by molar-refractivity contribution is -0.227. The second-order valence-corrected chi connectivity index (χ2v) is 21.6. The van der Waals surface area contributed by atoms with Crippen molar-refractivity contribution in [1.82, 2.24) is 10.2 Å². The number of fused-ring (bicyclic) bond motifs is 7. The summed E-state index contributed by atoms with van der Waals surface area (Å²) in [5.74, 6) is 4.15. The zero-order chi connectivity index (χ0) is 35.7. The lowest BCUT2D eigenvalue weighted by Crippen LogP contribution is -2.70. The molecule has 1 aromatic carbocycles. The van der Waals surface area contributed by atoms with E-state index < -0.39 is 9.84 Å². The minimum absolute atomic E-state index is 0.0653. The molecule has 0 aromatic heterocycles. The van der Waals surface area contributed by atoms with Gasteiger partial charge in [-0.25, -0.2) is 8.42 Å². The summed E-state index contributed by atoms with van der Waals surface area (Å²) >= 11 is 0. The van der Waals surface area contributed by atoms with Crippen molar-refractivity contribution in [2.24, 2.45) is 51.2 Å². The molecule has 6 nitrogen and oxygen atoms in total. The zero-order valence-electron chi connectivity index (χ0n) is 32.2. The monoisotopic (exact) mass is 702 g/mol. The molecule has 2 saturated heterocycles. The summed E-state index contributed by atoms with van der Waals surface area (Å²) in [6.07, 6.45) is 13.0. The smallest absolute Gasteiger partial charge is 0.152 e. The molecule has 2 aliphatic heterocycles. The fourth-order valence-electron chi connectivity index (χ4n) is 14.2. The number of nitrogens with one attached hydrogen (secondary N) is 1. The number of hydrogen-bond donors (Lipinski definition) is 1. The maximum Gasteiger partial charge on any atom is 0.152 e. The molecular weight excluding hydrogens is 637 g/mol. The van der Waals surface area contributed by atoms with Gasteiger partial charge in [0.2, 0.25) is 0 Å². The second kappa shape index (κ2) is 12.9. The van der Waals surface area contributed by atoms with Crippen molar-refractivity contribution in [1.29, 1.82) is 5.26 Å². The number of benzene rings is 1. The van der Waals surface area contributed by atoms with Gasteiger partial charge in [0.05, 0.1) is 23.1 Å². The van der Waals surface area contributed by atoms with Gasteiger partial charge in [0, 0.05) is 37.4 Å². The Labute approximate surface area is 304 Å². The highest BCUT2D eigenvalue weighted by Gasteiger charge is 2.70. The van der Waals surface area contributed by atoms with E-state index in [1.165, 1.54) is 69.0 Å². The van der Waals surface area contributed by atoms with Crippen LogP contribution >= 0.6 is 0 Å². The number of nitrogens with zero attached hydrogens (tertiary/aromatic N) is 3. The largest absolute Gasteiger partial charge is 0.366 e. The summed E-state index contributed by atoms with van der Waals surface area (Å²) in [5, 5.41) is 13.4.